The van der Waals surface area contributed by atoms with Crippen LogP contribution in [0.15, 0.2) is 0 Å². The maximum Gasteiger partial charge on any atom is 0.220 e. The molecule has 1 amide bonds. The van der Waals surface area contributed by atoms with Crippen LogP contribution in [-0.2, 0) is 4.79 Å². The quantitative estimate of drug-likeness (QED) is 0.653. The van der Waals surface area contributed by atoms with Crippen molar-refractivity contribution in [1.82, 2.24) is 15.5 Å². The summed E-state index contributed by atoms with van der Waals surface area (Å²) in [7, 11) is 1.91. The molecule has 0 saturated carbocycles. The molecule has 0 radical (unpaired) electrons. The van der Waals surface area contributed by atoms with Crippen LogP contribution >= 0.6 is 0 Å². The number of hydrogen-bond acceptors (Lipinski definition) is 3. The highest BCUT2D eigenvalue weighted by atomic mass is 16.1. The van der Waals surface area contributed by atoms with Gasteiger partial charge in [0.05, 0.1) is 0 Å². The van der Waals surface area contributed by atoms with E-state index in [4.69, 9.17) is 0 Å². The van der Waals surface area contributed by atoms with Gasteiger partial charge in [-0.15, -0.1) is 0 Å². The zero-order chi connectivity index (χ0) is 12.5. The van der Waals surface area contributed by atoms with Crippen molar-refractivity contribution in [1.29, 1.82) is 0 Å². The summed E-state index contributed by atoms with van der Waals surface area (Å²) in [6.45, 7) is 6.29. The first-order chi connectivity index (χ1) is 8.24. The zero-order valence-electron chi connectivity index (χ0n) is 11.3. The third-order valence-electron chi connectivity index (χ3n) is 3.44. The molecule has 1 rings (SSSR count). The van der Waals surface area contributed by atoms with E-state index in [1.165, 1.54) is 32.4 Å². The molecule has 2 N–H and O–H groups in total. The predicted molar refractivity (Wildman–Crippen MR) is 71.1 cm³/mol. The fourth-order valence-corrected chi connectivity index (χ4v) is 2.26. The Kier molecular flexibility index (Phi) is 7.21. The second kappa shape index (κ2) is 8.48. The molecule has 1 atom stereocenters. The lowest BCUT2D eigenvalue weighted by Crippen LogP contribution is -2.44. The van der Waals surface area contributed by atoms with Crippen LogP contribution in [0.1, 0.15) is 39.0 Å². The van der Waals surface area contributed by atoms with Crippen molar-refractivity contribution >= 4 is 5.91 Å². The molecule has 1 fully saturated rings. The highest BCUT2D eigenvalue weighted by Crippen LogP contribution is 2.11. The Morgan fingerprint density at radius 1 is 1.29 bits per heavy atom. The number of amides is 1. The first-order valence-electron chi connectivity index (χ1n) is 6.89. The lowest BCUT2D eigenvalue weighted by molar-refractivity contribution is -0.121. The largest absolute Gasteiger partial charge is 0.355 e. The highest BCUT2D eigenvalue weighted by molar-refractivity contribution is 5.75. The van der Waals surface area contributed by atoms with Crippen molar-refractivity contribution in [3.05, 3.63) is 0 Å². The minimum Gasteiger partial charge on any atom is -0.355 e. The van der Waals surface area contributed by atoms with Crippen LogP contribution in [0.2, 0.25) is 0 Å². The standard InChI is InChI=1S/C13H27N3O/c1-12(16-9-4-3-5-10-16)11-15-13(17)7-6-8-14-2/h12,14H,3-11H2,1-2H3,(H,15,17). The maximum absolute atomic E-state index is 11.5. The van der Waals surface area contributed by atoms with Crippen molar-refractivity contribution in [2.75, 3.05) is 33.2 Å². The van der Waals surface area contributed by atoms with Gasteiger partial charge < -0.3 is 10.6 Å². The summed E-state index contributed by atoms with van der Waals surface area (Å²) >= 11 is 0. The monoisotopic (exact) mass is 241 g/mol. The Balaban J connectivity index is 2.09. The van der Waals surface area contributed by atoms with E-state index in [0.717, 1.165) is 19.5 Å². The Hall–Kier alpha value is -0.610. The second-order valence-corrected chi connectivity index (χ2v) is 4.96. The summed E-state index contributed by atoms with van der Waals surface area (Å²) in [4.78, 5) is 14.0. The molecule has 1 heterocycles. The van der Waals surface area contributed by atoms with Gasteiger partial charge in [0.1, 0.15) is 0 Å². The molecule has 0 aromatic carbocycles. The number of nitrogens with zero attached hydrogens (tertiary/aromatic N) is 1. The molecule has 1 aliphatic heterocycles. The number of nitrogens with one attached hydrogen (secondary N) is 2. The molecular formula is C13H27N3O. The second-order valence-electron chi connectivity index (χ2n) is 4.96. The SMILES string of the molecule is CNCCCC(=O)NCC(C)N1CCCCC1. The smallest absolute Gasteiger partial charge is 0.220 e. The van der Waals surface area contributed by atoms with Gasteiger partial charge in [0.2, 0.25) is 5.91 Å². The van der Waals surface area contributed by atoms with Gasteiger partial charge in [0.25, 0.3) is 0 Å². The van der Waals surface area contributed by atoms with E-state index in [2.05, 4.69) is 22.5 Å². The fourth-order valence-electron chi connectivity index (χ4n) is 2.26. The van der Waals surface area contributed by atoms with Crippen molar-refractivity contribution in [3.63, 3.8) is 0 Å². The minimum absolute atomic E-state index is 0.184. The van der Waals surface area contributed by atoms with Gasteiger partial charge in [0, 0.05) is 19.0 Å². The number of carbonyl (C=O) groups excluding carboxylic acids is 1. The molecule has 0 aromatic rings. The number of rotatable bonds is 7. The van der Waals surface area contributed by atoms with Crippen LogP contribution in [-0.4, -0.2) is 50.1 Å². The van der Waals surface area contributed by atoms with E-state index in [9.17, 15) is 4.79 Å². The van der Waals surface area contributed by atoms with E-state index in [1.54, 1.807) is 0 Å². The van der Waals surface area contributed by atoms with Crippen LogP contribution < -0.4 is 10.6 Å². The Bertz CT molecular complexity index is 215. The normalized spacial score (nSPS) is 18.9. The lowest BCUT2D eigenvalue weighted by atomic mass is 10.1. The van der Waals surface area contributed by atoms with Crippen LogP contribution in [0.4, 0.5) is 0 Å². The van der Waals surface area contributed by atoms with Crippen molar-refractivity contribution < 1.29 is 4.79 Å². The van der Waals surface area contributed by atoms with E-state index in [0.29, 0.717) is 12.5 Å². The van der Waals surface area contributed by atoms with Gasteiger partial charge >= 0.3 is 0 Å². The zero-order valence-corrected chi connectivity index (χ0v) is 11.3. The summed E-state index contributed by atoms with van der Waals surface area (Å²) in [5.41, 5.74) is 0. The van der Waals surface area contributed by atoms with Crippen LogP contribution in [0.25, 0.3) is 0 Å². The Morgan fingerprint density at radius 3 is 2.65 bits per heavy atom. The number of likely N-dealkylation sites (tertiary alicyclic amines) is 1. The minimum atomic E-state index is 0.184. The highest BCUT2D eigenvalue weighted by Gasteiger charge is 2.16. The van der Waals surface area contributed by atoms with Crippen LogP contribution in [0.3, 0.4) is 0 Å². The van der Waals surface area contributed by atoms with Gasteiger partial charge in [-0.25, -0.2) is 0 Å². The lowest BCUT2D eigenvalue weighted by Gasteiger charge is -2.32. The summed E-state index contributed by atoms with van der Waals surface area (Å²) in [6, 6.07) is 0.476. The molecule has 0 bridgehead atoms. The molecule has 0 aromatic heterocycles. The van der Waals surface area contributed by atoms with Crippen LogP contribution in [0, 0.1) is 0 Å². The first-order valence-corrected chi connectivity index (χ1v) is 6.89. The molecule has 100 valence electrons. The maximum atomic E-state index is 11.5. The molecule has 1 saturated heterocycles. The van der Waals surface area contributed by atoms with Gasteiger partial charge in [0.15, 0.2) is 0 Å². The van der Waals surface area contributed by atoms with Crippen molar-refractivity contribution in [3.8, 4) is 0 Å². The molecule has 4 nitrogen and oxygen atoms in total. The Morgan fingerprint density at radius 2 is 2.00 bits per heavy atom. The number of carbonyl (C=O) groups is 1. The third kappa shape index (κ3) is 6.03. The van der Waals surface area contributed by atoms with Gasteiger partial charge in [-0.1, -0.05) is 6.42 Å². The molecule has 0 spiro atoms. The van der Waals surface area contributed by atoms with Gasteiger partial charge in [-0.3, -0.25) is 9.69 Å². The van der Waals surface area contributed by atoms with Crippen LogP contribution in [0.5, 0.6) is 0 Å². The molecule has 4 heteroatoms. The average Bonchev–Trinajstić information content (AvgIpc) is 2.37. The number of hydrogen-bond donors (Lipinski definition) is 2. The molecule has 1 unspecified atom stereocenters. The first kappa shape index (κ1) is 14.5. The van der Waals surface area contributed by atoms with E-state index in [1.807, 2.05) is 7.05 Å². The van der Waals surface area contributed by atoms with Gasteiger partial charge in [-0.05, 0) is 52.9 Å². The summed E-state index contributed by atoms with van der Waals surface area (Å²) in [6.07, 6.45) is 5.52. The van der Waals surface area contributed by atoms with Crippen molar-refractivity contribution in [2.45, 2.75) is 45.1 Å². The summed E-state index contributed by atoms with van der Waals surface area (Å²) in [5.74, 6) is 0.184. The molecular weight excluding hydrogens is 214 g/mol. The van der Waals surface area contributed by atoms with Crippen molar-refractivity contribution in [2.24, 2.45) is 0 Å². The number of piperidine rings is 1. The third-order valence-corrected chi connectivity index (χ3v) is 3.44. The average molecular weight is 241 g/mol. The summed E-state index contributed by atoms with van der Waals surface area (Å²) < 4.78 is 0. The van der Waals surface area contributed by atoms with E-state index < -0.39 is 0 Å². The molecule has 1 aliphatic rings. The van der Waals surface area contributed by atoms with Gasteiger partial charge in [-0.2, -0.15) is 0 Å². The molecule has 17 heavy (non-hydrogen) atoms. The Labute approximate surface area is 105 Å². The van der Waals surface area contributed by atoms with E-state index >= 15 is 0 Å². The molecule has 0 aliphatic carbocycles. The topological polar surface area (TPSA) is 44.4 Å². The fraction of sp³-hybridized carbons (Fsp3) is 0.923. The predicted octanol–water partition coefficient (Wildman–Crippen LogP) is 0.977. The summed E-state index contributed by atoms with van der Waals surface area (Å²) in [5, 5.41) is 6.08. The van der Waals surface area contributed by atoms with E-state index in [-0.39, 0.29) is 5.91 Å².